The molecule has 0 radical (unpaired) electrons. The third kappa shape index (κ3) is 4.99. The van der Waals surface area contributed by atoms with Gasteiger partial charge >= 0.3 is 10.8 Å². The van der Waals surface area contributed by atoms with Crippen LogP contribution in [0.5, 0.6) is 0 Å². The van der Waals surface area contributed by atoms with E-state index >= 15 is 0 Å². The second-order valence-corrected chi connectivity index (χ2v) is 13.0. The lowest BCUT2D eigenvalue weighted by Crippen LogP contribution is -2.32. The summed E-state index contributed by atoms with van der Waals surface area (Å²) in [6.07, 6.45) is 0. The maximum absolute atomic E-state index is 13.9. The number of carbonyl (C=O) groups is 4. The van der Waals surface area contributed by atoms with E-state index in [4.69, 9.17) is 4.74 Å². The van der Waals surface area contributed by atoms with E-state index in [2.05, 4.69) is 5.32 Å². The van der Waals surface area contributed by atoms with Gasteiger partial charge in [0.25, 0.3) is 0 Å². The highest BCUT2D eigenvalue weighted by molar-refractivity contribution is 8.00. The normalized spacial score (nSPS) is 19.4. The van der Waals surface area contributed by atoms with Crippen LogP contribution in [0, 0.1) is 12.8 Å². The van der Waals surface area contributed by atoms with Gasteiger partial charge in [-0.1, -0.05) is 41.3 Å². The van der Waals surface area contributed by atoms with Crippen LogP contribution in [0.2, 0.25) is 0 Å². The smallest absolute Gasteiger partial charge is 0.338 e. The fourth-order valence-electron chi connectivity index (χ4n) is 5.31. The predicted octanol–water partition coefficient (Wildman–Crippen LogP) is 4.89. The number of benzene rings is 2. The molecule has 2 aliphatic rings. The summed E-state index contributed by atoms with van der Waals surface area (Å²) in [5.74, 6) is -2.86. The summed E-state index contributed by atoms with van der Waals surface area (Å²) in [5.41, 5.74) is 2.29. The lowest BCUT2D eigenvalue weighted by molar-refractivity contribution is -0.122. The van der Waals surface area contributed by atoms with Gasteiger partial charge in [0.05, 0.1) is 28.8 Å². The van der Waals surface area contributed by atoms with Gasteiger partial charge in [0.1, 0.15) is 11.8 Å². The summed E-state index contributed by atoms with van der Waals surface area (Å²) >= 11 is 3.63. The number of thiophene rings is 1. The number of hydrogen-bond acceptors (Lipinski definition) is 9. The Morgan fingerprint density at radius 2 is 1.79 bits per heavy atom. The minimum absolute atomic E-state index is 0.221. The van der Waals surface area contributed by atoms with Crippen LogP contribution in [0.4, 0.5) is 11.4 Å². The topological polar surface area (TPSA) is 115 Å². The molecule has 4 aromatic rings. The fourth-order valence-corrected chi connectivity index (χ4v) is 9.03. The van der Waals surface area contributed by atoms with E-state index in [9.17, 15) is 24.0 Å². The fraction of sp³-hybridized carbons (Fsp3) is 0.233. The maximum atomic E-state index is 13.9. The molecule has 6 rings (SSSR count). The number of esters is 1. The Labute approximate surface area is 253 Å². The molecule has 2 aliphatic heterocycles. The van der Waals surface area contributed by atoms with Crippen LogP contribution in [-0.2, 0) is 25.7 Å². The van der Waals surface area contributed by atoms with Crippen molar-refractivity contribution in [2.24, 2.45) is 5.92 Å². The minimum Gasteiger partial charge on any atom is -0.462 e. The van der Waals surface area contributed by atoms with Crippen LogP contribution in [0.1, 0.15) is 38.5 Å². The number of thioether (sulfide) groups is 1. The zero-order chi connectivity index (χ0) is 29.5. The molecule has 1 fully saturated rings. The van der Waals surface area contributed by atoms with E-state index in [0.29, 0.717) is 26.8 Å². The van der Waals surface area contributed by atoms with E-state index in [0.717, 1.165) is 33.5 Å². The van der Waals surface area contributed by atoms with Crippen molar-refractivity contribution in [3.05, 3.63) is 96.6 Å². The molecule has 42 heavy (non-hydrogen) atoms. The van der Waals surface area contributed by atoms with Gasteiger partial charge in [-0.3, -0.25) is 23.7 Å². The molecule has 1 saturated heterocycles. The van der Waals surface area contributed by atoms with Gasteiger partial charge in [-0.15, -0.1) is 11.3 Å². The molecule has 3 unspecified atom stereocenters. The lowest BCUT2D eigenvalue weighted by Gasteiger charge is -2.29. The zero-order valence-corrected chi connectivity index (χ0v) is 25.0. The number of aryl methyl sites for hydroxylation is 1. The molecular formula is C30H25N3O6S3. The van der Waals surface area contributed by atoms with E-state index in [1.807, 2.05) is 42.6 Å². The number of hydrogen-bond donors (Lipinski definition) is 1. The second-order valence-electron chi connectivity index (χ2n) is 9.88. The van der Waals surface area contributed by atoms with Crippen LogP contribution < -0.4 is 15.1 Å². The third-order valence-corrected chi connectivity index (χ3v) is 10.7. The van der Waals surface area contributed by atoms with E-state index in [1.54, 1.807) is 25.1 Å². The Balaban J connectivity index is 1.34. The first-order chi connectivity index (χ1) is 20.3. The van der Waals surface area contributed by atoms with Crippen LogP contribution in [0.15, 0.2) is 75.9 Å². The van der Waals surface area contributed by atoms with Crippen LogP contribution >= 0.6 is 34.4 Å². The number of carbonyl (C=O) groups excluding carboxylic acids is 4. The molecule has 4 heterocycles. The van der Waals surface area contributed by atoms with Gasteiger partial charge in [0, 0.05) is 21.4 Å². The first-order valence-corrected chi connectivity index (χ1v) is 15.8. The number of nitrogens with one attached hydrogen (secondary N) is 1. The van der Waals surface area contributed by atoms with Crippen molar-refractivity contribution in [3.8, 4) is 0 Å². The van der Waals surface area contributed by atoms with Crippen LogP contribution in [0.25, 0.3) is 0 Å². The van der Waals surface area contributed by atoms with E-state index in [1.165, 1.54) is 32.9 Å². The highest BCUT2D eigenvalue weighted by Gasteiger charge is 2.57. The SMILES string of the molecule is CCOC(=O)c1ccc(N2C(=O)C3Sc4c(sc(=O)n4CC(=O)Nc4cccc(C)c4)C(c4cccs4)C3C2=O)cc1. The highest BCUT2D eigenvalue weighted by atomic mass is 32.2. The first-order valence-electron chi connectivity index (χ1n) is 13.2. The van der Waals surface area contributed by atoms with Gasteiger partial charge in [0.2, 0.25) is 17.7 Å². The van der Waals surface area contributed by atoms with E-state index < -0.39 is 29.0 Å². The van der Waals surface area contributed by atoms with Crippen molar-refractivity contribution >= 4 is 69.5 Å². The summed E-state index contributed by atoms with van der Waals surface area (Å²) in [5, 5.41) is 4.48. The quantitative estimate of drug-likeness (QED) is 0.231. The number of anilines is 2. The van der Waals surface area contributed by atoms with Crippen molar-refractivity contribution < 1.29 is 23.9 Å². The summed E-state index contributed by atoms with van der Waals surface area (Å²) in [6, 6.07) is 17.3. The average molecular weight is 620 g/mol. The summed E-state index contributed by atoms with van der Waals surface area (Å²) in [7, 11) is 0. The van der Waals surface area contributed by atoms with Gasteiger partial charge in [-0.25, -0.2) is 9.69 Å². The number of rotatable bonds is 7. The maximum Gasteiger partial charge on any atom is 0.338 e. The average Bonchev–Trinajstić information content (AvgIpc) is 3.66. The molecule has 2 aromatic heterocycles. The monoisotopic (exact) mass is 619 g/mol. The molecule has 3 atom stereocenters. The first kappa shape index (κ1) is 28.1. The second kappa shape index (κ2) is 11.3. The summed E-state index contributed by atoms with van der Waals surface area (Å²) in [6.45, 7) is 3.65. The highest BCUT2D eigenvalue weighted by Crippen LogP contribution is 2.54. The lowest BCUT2D eigenvalue weighted by atomic mass is 9.87. The van der Waals surface area contributed by atoms with Crippen molar-refractivity contribution in [2.75, 3.05) is 16.8 Å². The number of imide groups is 1. The summed E-state index contributed by atoms with van der Waals surface area (Å²) in [4.78, 5) is 68.5. The Morgan fingerprint density at radius 1 is 1.00 bits per heavy atom. The molecule has 3 amide bonds. The van der Waals surface area contributed by atoms with Gasteiger partial charge in [0.15, 0.2) is 0 Å². The molecule has 0 aliphatic carbocycles. The molecule has 12 heteroatoms. The number of ether oxygens (including phenoxy) is 1. The Morgan fingerprint density at radius 3 is 2.48 bits per heavy atom. The molecule has 1 N–H and O–H groups in total. The van der Waals surface area contributed by atoms with Crippen molar-refractivity contribution in [3.63, 3.8) is 0 Å². The summed E-state index contributed by atoms with van der Waals surface area (Å²) < 4.78 is 6.44. The largest absolute Gasteiger partial charge is 0.462 e. The van der Waals surface area contributed by atoms with Crippen LogP contribution in [-0.4, -0.2) is 40.1 Å². The zero-order valence-electron chi connectivity index (χ0n) is 22.6. The Hall–Kier alpha value is -4.00. The molecule has 214 valence electrons. The van der Waals surface area contributed by atoms with Crippen LogP contribution in [0.3, 0.4) is 0 Å². The molecule has 9 nitrogen and oxygen atoms in total. The number of fused-ring (bicyclic) bond motifs is 2. The minimum atomic E-state index is -0.790. The van der Waals surface area contributed by atoms with Gasteiger partial charge < -0.3 is 10.1 Å². The predicted molar refractivity (Wildman–Crippen MR) is 163 cm³/mol. The molecule has 0 spiro atoms. The number of nitrogens with zero attached hydrogens (tertiary/aromatic N) is 2. The van der Waals surface area contributed by atoms with Crippen molar-refractivity contribution in [1.82, 2.24) is 4.57 Å². The number of aromatic nitrogens is 1. The van der Waals surface area contributed by atoms with Crippen molar-refractivity contribution in [1.29, 1.82) is 0 Å². The third-order valence-electron chi connectivity index (χ3n) is 7.14. The number of thiazole rings is 1. The Bertz CT molecular complexity index is 1760. The van der Waals surface area contributed by atoms with E-state index in [-0.39, 0.29) is 29.8 Å². The standard InChI is InChI=1S/C30H25N3O6S3/c1-3-39-29(37)17-9-11-19(12-10-17)33-26(35)23-22(20-8-5-13-40-20)25-28(41-24(23)27(33)36)32(30(38)42-25)15-21(34)31-18-7-4-6-16(2)14-18/h4-14,22-24H,3,15H2,1-2H3,(H,31,34). The molecular weight excluding hydrogens is 595 g/mol. The molecule has 0 bridgehead atoms. The molecule has 0 saturated carbocycles. The molecule has 2 aromatic carbocycles. The van der Waals surface area contributed by atoms with Crippen molar-refractivity contribution in [2.45, 2.75) is 36.6 Å². The Kier molecular flexibility index (Phi) is 7.60. The van der Waals surface area contributed by atoms with Gasteiger partial charge in [-0.2, -0.15) is 0 Å². The van der Waals surface area contributed by atoms with Gasteiger partial charge in [-0.05, 0) is 67.3 Å². The number of amides is 3.